The van der Waals surface area contributed by atoms with Gasteiger partial charge in [0.05, 0.1) is 8.22 Å². The van der Waals surface area contributed by atoms with E-state index in [1.165, 1.54) is 0 Å². The Balaban J connectivity index is 3.04. The maximum Gasteiger partial charge on any atom is 0.0841 e. The van der Waals surface area contributed by atoms with Crippen molar-refractivity contribution in [2.75, 3.05) is 24.5 Å². The van der Waals surface area contributed by atoms with E-state index in [4.69, 9.17) is 20.6 Å². The molecular weight excluding hydrogens is 176 g/mol. The molecule has 0 unspecified atom stereocenters. The normalized spacial score (nSPS) is 51.8. The molecule has 0 spiro atoms. The largest absolute Gasteiger partial charge is 0.396 e. The number of hydrogen-bond donors (Lipinski definition) is 1. The summed E-state index contributed by atoms with van der Waals surface area (Å²) in [6, 6.07) is -2.20. The zero-order valence-corrected chi connectivity index (χ0v) is 6.84. The molecule has 0 radical (unpaired) electrons. The molecule has 0 saturated carbocycles. The second kappa shape index (κ2) is 4.42. The quantitative estimate of drug-likeness (QED) is 0.794. The molecule has 0 aliphatic carbocycles. The molecule has 1 aromatic heterocycles. The van der Waals surface area contributed by atoms with Gasteiger partial charge >= 0.3 is 0 Å². The van der Waals surface area contributed by atoms with Gasteiger partial charge in [-0.25, -0.2) is 0 Å². The average molecular weight is 207 g/mol. The first-order valence-corrected chi connectivity index (χ1v) is 3.59. The van der Waals surface area contributed by atoms with E-state index in [1.807, 2.05) is 0 Å². The Kier molecular flexibility index (Phi) is 0.692. The van der Waals surface area contributed by atoms with Crippen LogP contribution in [0.4, 0.5) is 5.69 Å². The standard InChI is InChI=1S/C11H16N2O/c14-9-10-3-7-13(8-4-10)11-1-5-12-6-2-11/h1-2,5-6,10,14H,3-4,7-9H2/i1D,2D,3D2,4D2,5D,6D,7D2,8D2,9D2,10D. The summed E-state index contributed by atoms with van der Waals surface area (Å²) in [6.07, 6.45) is -9.93. The van der Waals surface area contributed by atoms with E-state index in [0.29, 0.717) is 0 Å². The molecule has 1 aliphatic heterocycles. The zero-order valence-electron chi connectivity index (χ0n) is 21.8. The van der Waals surface area contributed by atoms with Gasteiger partial charge in [0.25, 0.3) is 0 Å². The number of hydrogen-bond acceptors (Lipinski definition) is 3. The van der Waals surface area contributed by atoms with Crippen LogP contribution in [0.1, 0.15) is 33.3 Å². The van der Waals surface area contributed by atoms with Crippen molar-refractivity contribution in [2.24, 2.45) is 5.89 Å². The van der Waals surface area contributed by atoms with Gasteiger partial charge in [-0.1, -0.05) is 0 Å². The smallest absolute Gasteiger partial charge is 0.0841 e. The van der Waals surface area contributed by atoms with E-state index in [1.54, 1.807) is 0 Å². The maximum absolute atomic E-state index is 9.76. The van der Waals surface area contributed by atoms with E-state index in [0.717, 1.165) is 0 Å². The Morgan fingerprint density at radius 1 is 1.64 bits per heavy atom. The lowest BCUT2D eigenvalue weighted by molar-refractivity contribution is 0.203. The predicted octanol–water partition coefficient (Wildman–Crippen LogP) is 1.29. The summed E-state index contributed by atoms with van der Waals surface area (Å²) in [7, 11) is 0. The molecule has 3 nitrogen and oxygen atoms in total. The third kappa shape index (κ3) is 2.04. The van der Waals surface area contributed by atoms with Crippen molar-refractivity contribution in [3.8, 4) is 0 Å². The zero-order chi connectivity index (χ0) is 23.2. The maximum atomic E-state index is 9.76. The van der Waals surface area contributed by atoms with E-state index in [2.05, 4.69) is 4.98 Å². The molecule has 3 heteroatoms. The molecule has 0 bridgehead atoms. The first-order valence-electron chi connectivity index (χ1n) is 11.1. The molecule has 1 aliphatic rings. The van der Waals surface area contributed by atoms with Crippen molar-refractivity contribution in [2.45, 2.75) is 12.7 Å². The van der Waals surface area contributed by atoms with Crippen molar-refractivity contribution in [1.29, 1.82) is 0 Å². The Hall–Kier alpha value is -1.09. The van der Waals surface area contributed by atoms with Gasteiger partial charge in [0.1, 0.15) is 0 Å². The minimum atomic E-state index is -4.07. The van der Waals surface area contributed by atoms with Gasteiger partial charge in [0.15, 0.2) is 0 Å². The average Bonchev–Trinajstić information content (AvgIpc) is 2.52. The topological polar surface area (TPSA) is 36.4 Å². The van der Waals surface area contributed by atoms with Crippen molar-refractivity contribution in [3.05, 3.63) is 24.4 Å². The van der Waals surface area contributed by atoms with E-state index in [9.17, 15) is 5.11 Å². The summed E-state index contributed by atoms with van der Waals surface area (Å²) in [5.74, 6) is -4.05. The van der Waals surface area contributed by atoms with Crippen LogP contribution in [0.2, 0.25) is 0 Å². The fraction of sp³-hybridized carbons (Fsp3) is 0.545. The monoisotopic (exact) mass is 207 g/mol. The van der Waals surface area contributed by atoms with Crippen LogP contribution >= 0.6 is 0 Å². The predicted molar refractivity (Wildman–Crippen MR) is 56.3 cm³/mol. The molecule has 1 N–H and O–H groups in total. The van der Waals surface area contributed by atoms with E-state index >= 15 is 0 Å². The van der Waals surface area contributed by atoms with Crippen LogP contribution in [-0.2, 0) is 0 Å². The second-order valence-electron chi connectivity index (χ2n) is 2.23. The van der Waals surface area contributed by atoms with Crippen LogP contribution in [0, 0.1) is 5.89 Å². The molecule has 76 valence electrons. The van der Waals surface area contributed by atoms with Crippen LogP contribution < -0.4 is 4.90 Å². The van der Waals surface area contributed by atoms with Gasteiger partial charge in [-0.3, -0.25) is 4.98 Å². The number of nitrogens with zero attached hydrogens (tertiary/aromatic N) is 2. The van der Waals surface area contributed by atoms with Crippen molar-refractivity contribution in [1.82, 2.24) is 4.98 Å². The lowest BCUT2D eigenvalue weighted by Crippen LogP contribution is -2.34. The number of anilines is 1. The van der Waals surface area contributed by atoms with Gasteiger partial charge in [-0.05, 0) is 30.7 Å². The SMILES string of the molecule is [2H]c1nc([2H])c([2H])c(N2C([2H])([2H])C([2H])([2H])C([2H])(C([2H])([2H])O)C([2H])([2H])C2([2H])[2H])c1[2H]. The number of rotatable bonds is 2. The molecule has 1 aromatic rings. The van der Waals surface area contributed by atoms with Gasteiger partial charge < -0.3 is 10.0 Å². The Morgan fingerprint density at radius 3 is 2.86 bits per heavy atom. The highest BCUT2D eigenvalue weighted by Crippen LogP contribution is 2.21. The number of aromatic nitrogens is 1. The third-order valence-corrected chi connectivity index (χ3v) is 1.38. The van der Waals surface area contributed by atoms with Gasteiger partial charge in [0, 0.05) is 49.9 Å². The minimum Gasteiger partial charge on any atom is -0.396 e. The molecule has 14 heavy (non-hydrogen) atoms. The highest BCUT2D eigenvalue weighted by atomic mass is 16.3. The highest BCUT2D eigenvalue weighted by Gasteiger charge is 2.18. The number of pyridine rings is 1. The molecular formula is C11H16N2O. The van der Waals surface area contributed by atoms with E-state index in [-0.39, 0.29) is 4.90 Å². The molecule has 0 atom stereocenters. The van der Waals surface area contributed by atoms with Gasteiger partial charge in [0.2, 0.25) is 0 Å². The lowest BCUT2D eigenvalue weighted by atomic mass is 9.97. The Labute approximate surface area is 105 Å². The first kappa shape index (κ1) is 2.19. The van der Waals surface area contributed by atoms with E-state index < -0.39 is 68.3 Å². The summed E-state index contributed by atoms with van der Waals surface area (Å²) in [4.78, 5) is 2.91. The third-order valence-electron chi connectivity index (χ3n) is 1.38. The number of aliphatic hydroxyl groups is 1. The summed E-state index contributed by atoms with van der Waals surface area (Å²) < 4.78 is 118. The Bertz CT molecular complexity index is 793. The molecule has 0 aromatic carbocycles. The fourth-order valence-electron chi connectivity index (χ4n) is 0.783. The summed E-state index contributed by atoms with van der Waals surface area (Å²) in [5, 5.41) is 9.76. The molecule has 2 heterocycles. The van der Waals surface area contributed by atoms with Crippen LogP contribution in [0.15, 0.2) is 24.4 Å². The minimum absolute atomic E-state index is 0.318. The van der Waals surface area contributed by atoms with Crippen LogP contribution in [0.5, 0.6) is 0 Å². The van der Waals surface area contributed by atoms with Crippen molar-refractivity contribution < 1.29 is 25.7 Å². The van der Waals surface area contributed by atoms with Gasteiger partial charge in [-0.2, -0.15) is 0 Å². The van der Waals surface area contributed by atoms with Crippen LogP contribution in [-0.4, -0.2) is 29.6 Å². The summed E-state index contributed by atoms with van der Waals surface area (Å²) in [5.41, 5.74) is -1.17. The molecule has 0 amide bonds. The van der Waals surface area contributed by atoms with Gasteiger partial charge in [-0.15, -0.1) is 0 Å². The van der Waals surface area contributed by atoms with Crippen LogP contribution in [0.25, 0.3) is 0 Å². The summed E-state index contributed by atoms with van der Waals surface area (Å²) in [6.45, 7) is -11.7. The lowest BCUT2D eigenvalue weighted by Gasteiger charge is -2.32. The van der Waals surface area contributed by atoms with Crippen molar-refractivity contribution in [3.63, 3.8) is 0 Å². The fourth-order valence-corrected chi connectivity index (χ4v) is 0.783. The summed E-state index contributed by atoms with van der Waals surface area (Å²) >= 11 is 0. The first-order chi connectivity index (χ1) is 12.6. The Morgan fingerprint density at radius 2 is 2.29 bits per heavy atom. The molecule has 1 saturated heterocycles. The van der Waals surface area contributed by atoms with Crippen molar-refractivity contribution >= 4 is 5.69 Å². The number of piperidine rings is 1. The van der Waals surface area contributed by atoms with Crippen LogP contribution in [0.3, 0.4) is 0 Å². The molecule has 1 fully saturated rings. The highest BCUT2D eigenvalue weighted by molar-refractivity contribution is 5.44. The molecule has 2 rings (SSSR count). The second-order valence-corrected chi connectivity index (χ2v) is 2.23.